The first-order valence-electron chi connectivity index (χ1n) is 5.45. The highest BCUT2D eigenvalue weighted by molar-refractivity contribution is 7.87. The highest BCUT2D eigenvalue weighted by atomic mass is 32.2. The first kappa shape index (κ1) is 15.2. The monoisotopic (exact) mass is 287 g/mol. The third kappa shape index (κ3) is 4.45. The Hall–Kier alpha value is -0.820. The number of nitrogens with zero attached hydrogens (tertiary/aromatic N) is 1. The molecule has 1 aromatic rings. The van der Waals surface area contributed by atoms with Crippen molar-refractivity contribution >= 4 is 27.7 Å². The summed E-state index contributed by atoms with van der Waals surface area (Å²) in [6.45, 7) is 2.32. The van der Waals surface area contributed by atoms with Crippen LogP contribution in [0, 0.1) is 6.92 Å². The van der Waals surface area contributed by atoms with Crippen LogP contribution in [-0.4, -0.2) is 45.4 Å². The Morgan fingerprint density at radius 1 is 1.33 bits per heavy atom. The summed E-state index contributed by atoms with van der Waals surface area (Å²) in [5.41, 5.74) is 0.994. The van der Waals surface area contributed by atoms with E-state index in [1.54, 1.807) is 12.1 Å². The van der Waals surface area contributed by atoms with Crippen molar-refractivity contribution < 1.29 is 12.6 Å². The van der Waals surface area contributed by atoms with Crippen LogP contribution in [0.25, 0.3) is 0 Å². The summed E-state index contributed by atoms with van der Waals surface area (Å²) in [6.07, 6.45) is -0.624. The molecule has 0 aromatic heterocycles. The van der Waals surface area contributed by atoms with Crippen LogP contribution < -0.4 is 0 Å². The van der Waals surface area contributed by atoms with Crippen molar-refractivity contribution in [2.24, 2.45) is 0 Å². The zero-order chi connectivity index (χ0) is 13.8. The van der Waals surface area contributed by atoms with Gasteiger partial charge in [0.05, 0.1) is 4.90 Å². The highest BCUT2D eigenvalue weighted by Gasteiger charge is 2.20. The maximum absolute atomic E-state index is 12.0. The van der Waals surface area contributed by atoms with Crippen molar-refractivity contribution in [3.63, 3.8) is 0 Å². The Labute approximate surface area is 114 Å². The van der Waals surface area contributed by atoms with Crippen LogP contribution in [0.3, 0.4) is 0 Å². The van der Waals surface area contributed by atoms with Crippen LogP contribution in [0.5, 0.6) is 0 Å². The predicted octanol–water partition coefficient (Wildman–Crippen LogP) is 1.63. The molecule has 18 heavy (non-hydrogen) atoms. The van der Waals surface area contributed by atoms with E-state index in [0.717, 1.165) is 5.56 Å². The molecule has 0 amide bonds. The van der Waals surface area contributed by atoms with Gasteiger partial charge in [0.15, 0.2) is 0 Å². The van der Waals surface area contributed by atoms with Gasteiger partial charge < -0.3 is 4.90 Å². The van der Waals surface area contributed by atoms with Gasteiger partial charge in [-0.05, 0) is 33.2 Å². The average molecular weight is 287 g/mol. The topological polar surface area (TPSA) is 46.6 Å². The minimum absolute atomic E-state index is 0.147. The van der Waals surface area contributed by atoms with Gasteiger partial charge in [-0.1, -0.05) is 29.9 Å². The largest absolute Gasteiger partial charge is 0.306 e. The number of thiocarbonyl (C=S) groups is 1. The van der Waals surface area contributed by atoms with Gasteiger partial charge >= 0.3 is 0 Å². The Morgan fingerprint density at radius 2 is 1.89 bits per heavy atom. The Balaban J connectivity index is 2.86. The summed E-state index contributed by atoms with van der Waals surface area (Å²) in [5, 5.41) is 1.33. The predicted molar refractivity (Wildman–Crippen MR) is 75.4 cm³/mol. The molecule has 0 aliphatic heterocycles. The van der Waals surface area contributed by atoms with Gasteiger partial charge in [-0.15, -0.1) is 0 Å². The van der Waals surface area contributed by atoms with E-state index in [0.29, 0.717) is 6.54 Å². The molecule has 6 heteroatoms. The van der Waals surface area contributed by atoms with Gasteiger partial charge in [-0.3, -0.25) is 4.18 Å². The van der Waals surface area contributed by atoms with Gasteiger partial charge in [0.2, 0.25) is 0 Å². The maximum atomic E-state index is 12.0. The Kier molecular flexibility index (Phi) is 5.40. The molecule has 1 aromatic carbocycles. The van der Waals surface area contributed by atoms with Gasteiger partial charge in [0, 0.05) is 11.9 Å². The van der Waals surface area contributed by atoms with Crippen LogP contribution in [0.2, 0.25) is 0 Å². The van der Waals surface area contributed by atoms with E-state index in [2.05, 4.69) is 0 Å². The number of likely N-dealkylation sites (N-methyl/N-ethyl adjacent to an activating group) is 1. The third-order valence-corrected chi connectivity index (χ3v) is 3.91. The summed E-state index contributed by atoms with van der Waals surface area (Å²) in [5.74, 6) is 0. The number of hydrogen-bond donors (Lipinski definition) is 0. The molecule has 0 saturated carbocycles. The van der Waals surface area contributed by atoms with E-state index in [9.17, 15) is 8.42 Å². The molecule has 0 fully saturated rings. The SMILES string of the molecule is Cc1ccc(S(=O)(=O)OC(C=S)CN(C)C)cc1. The fraction of sp³-hybridized carbons (Fsp3) is 0.417. The summed E-state index contributed by atoms with van der Waals surface area (Å²) >= 11 is 4.79. The summed E-state index contributed by atoms with van der Waals surface area (Å²) in [6, 6.07) is 6.52. The molecule has 1 unspecified atom stereocenters. The summed E-state index contributed by atoms with van der Waals surface area (Å²) in [4.78, 5) is 1.96. The molecule has 0 N–H and O–H groups in total. The lowest BCUT2D eigenvalue weighted by molar-refractivity contribution is 0.226. The van der Waals surface area contributed by atoms with Crippen LogP contribution in [0.1, 0.15) is 5.56 Å². The van der Waals surface area contributed by atoms with Crippen LogP contribution in [0.4, 0.5) is 0 Å². The number of hydrogen-bond acceptors (Lipinski definition) is 5. The molecule has 0 radical (unpaired) electrons. The average Bonchev–Trinajstić information content (AvgIpc) is 2.27. The van der Waals surface area contributed by atoms with Crippen molar-refractivity contribution in [2.45, 2.75) is 17.9 Å². The molecule has 0 heterocycles. The molecule has 0 bridgehead atoms. The molecule has 1 atom stereocenters. The Morgan fingerprint density at radius 3 is 2.33 bits per heavy atom. The second-order valence-corrected chi connectivity index (χ2v) is 6.14. The van der Waals surface area contributed by atoms with Gasteiger partial charge in [-0.2, -0.15) is 8.42 Å². The lowest BCUT2D eigenvalue weighted by Gasteiger charge is -2.17. The third-order valence-electron chi connectivity index (χ3n) is 2.26. The number of rotatable bonds is 6. The second-order valence-electron chi connectivity index (χ2n) is 4.30. The first-order chi connectivity index (χ1) is 8.35. The Bertz CT molecular complexity index is 495. The lowest BCUT2D eigenvalue weighted by atomic mass is 10.2. The fourth-order valence-electron chi connectivity index (χ4n) is 1.38. The smallest absolute Gasteiger partial charge is 0.297 e. The number of benzene rings is 1. The van der Waals surface area contributed by atoms with Crippen LogP contribution >= 0.6 is 12.2 Å². The molecular formula is C12H17NO3S2. The van der Waals surface area contributed by atoms with E-state index in [1.165, 1.54) is 17.5 Å². The van der Waals surface area contributed by atoms with Crippen molar-refractivity contribution in [3.8, 4) is 0 Å². The first-order valence-corrected chi connectivity index (χ1v) is 7.33. The molecule has 1 rings (SSSR count). The standard InChI is InChI=1S/C12H17NO3S2/c1-10-4-6-12(7-5-10)18(14,15)16-11(9-17)8-13(2)3/h4-7,9,11H,8H2,1-3H3. The van der Waals surface area contributed by atoms with Crippen LogP contribution in [-0.2, 0) is 14.3 Å². The zero-order valence-corrected chi connectivity index (χ0v) is 12.3. The normalized spacial score (nSPS) is 13.6. The highest BCUT2D eigenvalue weighted by Crippen LogP contribution is 2.15. The van der Waals surface area contributed by atoms with Crippen molar-refractivity contribution in [2.75, 3.05) is 20.6 Å². The number of aryl methyl sites for hydroxylation is 1. The van der Waals surface area contributed by atoms with E-state index < -0.39 is 16.2 Å². The second kappa shape index (κ2) is 6.38. The molecule has 100 valence electrons. The van der Waals surface area contributed by atoms with Gasteiger partial charge in [0.25, 0.3) is 10.1 Å². The van der Waals surface area contributed by atoms with Crippen LogP contribution in [0.15, 0.2) is 29.2 Å². The van der Waals surface area contributed by atoms with Gasteiger partial charge in [0.1, 0.15) is 6.10 Å². The van der Waals surface area contributed by atoms with Crippen molar-refractivity contribution in [1.29, 1.82) is 0 Å². The molecular weight excluding hydrogens is 270 g/mol. The summed E-state index contributed by atoms with van der Waals surface area (Å²) < 4.78 is 29.1. The summed E-state index contributed by atoms with van der Waals surface area (Å²) in [7, 11) is -0.104. The van der Waals surface area contributed by atoms with E-state index in [-0.39, 0.29) is 4.90 Å². The fourth-order valence-corrected chi connectivity index (χ4v) is 2.61. The van der Waals surface area contributed by atoms with E-state index in [4.69, 9.17) is 16.4 Å². The quantitative estimate of drug-likeness (QED) is 0.588. The molecule has 0 aliphatic carbocycles. The zero-order valence-electron chi connectivity index (χ0n) is 10.7. The minimum Gasteiger partial charge on any atom is -0.306 e. The van der Waals surface area contributed by atoms with Gasteiger partial charge in [-0.25, -0.2) is 0 Å². The van der Waals surface area contributed by atoms with Crippen molar-refractivity contribution in [3.05, 3.63) is 29.8 Å². The molecule has 0 aliphatic rings. The van der Waals surface area contributed by atoms with E-state index >= 15 is 0 Å². The maximum Gasteiger partial charge on any atom is 0.297 e. The molecule has 4 nitrogen and oxygen atoms in total. The molecule has 0 saturated heterocycles. The molecule has 0 spiro atoms. The minimum atomic E-state index is -3.76. The van der Waals surface area contributed by atoms with E-state index in [1.807, 2.05) is 25.9 Å². The van der Waals surface area contributed by atoms with Crippen molar-refractivity contribution in [1.82, 2.24) is 4.90 Å². The lowest BCUT2D eigenvalue weighted by Crippen LogP contribution is -2.31.